The first-order valence-electron chi connectivity index (χ1n) is 31.6. The first-order chi connectivity index (χ1) is 34.5. The normalized spacial score (nSPS) is 12.7. The maximum atomic E-state index is 12.5. The molecular weight excluding hydrogens is 863 g/mol. The van der Waals surface area contributed by atoms with E-state index in [1.165, 1.54) is 257 Å². The van der Waals surface area contributed by atoms with Gasteiger partial charge >= 0.3 is 5.97 Å². The average Bonchev–Trinajstić information content (AvgIpc) is 3.36. The van der Waals surface area contributed by atoms with Crippen LogP contribution in [0, 0.1) is 0 Å². The highest BCUT2D eigenvalue weighted by atomic mass is 16.5. The second-order valence-electron chi connectivity index (χ2n) is 21.7. The lowest BCUT2D eigenvalue weighted by Gasteiger charge is -2.22. The molecule has 0 aliphatic rings. The zero-order valence-electron chi connectivity index (χ0n) is 47.3. The molecule has 414 valence electrons. The number of aliphatic hydroxyl groups is 2. The molecule has 0 aliphatic heterocycles. The van der Waals surface area contributed by atoms with E-state index >= 15 is 0 Å². The Labute approximate surface area is 437 Å². The molecule has 0 saturated carbocycles. The number of carbonyl (C=O) groups excluding carboxylic acids is 2. The lowest BCUT2D eigenvalue weighted by molar-refractivity contribution is -0.143. The van der Waals surface area contributed by atoms with Crippen molar-refractivity contribution in [2.45, 2.75) is 360 Å². The standard InChI is InChI=1S/C64H123NO5/c1-3-5-7-9-11-13-15-17-19-20-21-22-23-24-25-26-27-29-32-36-40-44-48-52-56-62(67)61(60-66)65-63(68)57-53-49-45-41-37-33-30-28-31-35-39-43-47-51-55-59-70-64(69)58-54-50-46-42-38-34-18-16-14-12-10-8-6-4-2/h10,12,16,18,61-62,66-67H,3-9,11,13-15,17,19-60H2,1-2H3,(H,65,68)/b12-10-,18-16-. The van der Waals surface area contributed by atoms with Gasteiger partial charge in [0.1, 0.15) is 0 Å². The summed E-state index contributed by atoms with van der Waals surface area (Å²) in [7, 11) is 0. The third-order valence-corrected chi connectivity index (χ3v) is 14.8. The minimum Gasteiger partial charge on any atom is -0.466 e. The van der Waals surface area contributed by atoms with Gasteiger partial charge in [0.25, 0.3) is 0 Å². The third-order valence-electron chi connectivity index (χ3n) is 14.8. The van der Waals surface area contributed by atoms with Crippen LogP contribution in [0.4, 0.5) is 0 Å². The lowest BCUT2D eigenvalue weighted by atomic mass is 10.0. The summed E-state index contributed by atoms with van der Waals surface area (Å²) in [4.78, 5) is 24.6. The molecule has 0 rings (SSSR count). The van der Waals surface area contributed by atoms with Gasteiger partial charge in [-0.25, -0.2) is 0 Å². The van der Waals surface area contributed by atoms with Crippen molar-refractivity contribution in [1.29, 1.82) is 0 Å². The van der Waals surface area contributed by atoms with Gasteiger partial charge in [0.15, 0.2) is 0 Å². The molecular formula is C64H123NO5. The summed E-state index contributed by atoms with van der Waals surface area (Å²) in [6, 6.07) is -0.550. The Balaban J connectivity index is 3.43. The molecule has 0 aliphatic carbocycles. The summed E-state index contributed by atoms with van der Waals surface area (Å²) in [6.45, 7) is 4.91. The fraction of sp³-hybridized carbons (Fsp3) is 0.906. The second kappa shape index (κ2) is 59.9. The van der Waals surface area contributed by atoms with Crippen molar-refractivity contribution < 1.29 is 24.5 Å². The van der Waals surface area contributed by atoms with Crippen molar-refractivity contribution >= 4 is 11.9 Å². The fourth-order valence-corrected chi connectivity index (χ4v) is 9.89. The van der Waals surface area contributed by atoms with Crippen LogP contribution < -0.4 is 5.32 Å². The molecule has 0 radical (unpaired) electrons. The highest BCUT2D eigenvalue weighted by molar-refractivity contribution is 5.76. The van der Waals surface area contributed by atoms with Crippen LogP contribution in [0.15, 0.2) is 24.3 Å². The number of hydrogen-bond acceptors (Lipinski definition) is 5. The van der Waals surface area contributed by atoms with Crippen LogP contribution in [0.2, 0.25) is 0 Å². The SMILES string of the molecule is CCCC/C=C\C/C=C\CCCCCCCC(=O)OCCCCCCCCCCCCCCCCCC(=O)NC(CO)C(O)CCCCCCCCCCCCCCCCCCCCCCCCCC. The van der Waals surface area contributed by atoms with E-state index in [4.69, 9.17) is 4.74 Å². The van der Waals surface area contributed by atoms with Crippen molar-refractivity contribution in [3.8, 4) is 0 Å². The van der Waals surface area contributed by atoms with Crippen molar-refractivity contribution in [2.75, 3.05) is 13.2 Å². The number of carbonyl (C=O) groups is 2. The molecule has 6 nitrogen and oxygen atoms in total. The van der Waals surface area contributed by atoms with Crippen LogP contribution in [0.1, 0.15) is 348 Å². The molecule has 0 bridgehead atoms. The third kappa shape index (κ3) is 55.7. The maximum Gasteiger partial charge on any atom is 0.305 e. The molecule has 0 heterocycles. The Bertz CT molecular complexity index is 1090. The molecule has 70 heavy (non-hydrogen) atoms. The summed E-state index contributed by atoms with van der Waals surface area (Å²) in [6.07, 6.45) is 73.3. The van der Waals surface area contributed by atoms with Gasteiger partial charge in [-0.1, -0.05) is 308 Å². The van der Waals surface area contributed by atoms with Crippen molar-refractivity contribution in [2.24, 2.45) is 0 Å². The Hall–Kier alpha value is -1.66. The van der Waals surface area contributed by atoms with Gasteiger partial charge in [0.2, 0.25) is 5.91 Å². The molecule has 0 aromatic rings. The molecule has 2 atom stereocenters. The molecule has 1 amide bonds. The second-order valence-corrected chi connectivity index (χ2v) is 21.7. The van der Waals surface area contributed by atoms with Crippen LogP contribution in [-0.2, 0) is 14.3 Å². The predicted molar refractivity (Wildman–Crippen MR) is 306 cm³/mol. The van der Waals surface area contributed by atoms with E-state index in [9.17, 15) is 19.8 Å². The maximum absolute atomic E-state index is 12.5. The topological polar surface area (TPSA) is 95.9 Å². The van der Waals surface area contributed by atoms with Crippen molar-refractivity contribution in [3.05, 3.63) is 24.3 Å². The smallest absolute Gasteiger partial charge is 0.305 e. The Morgan fingerprint density at radius 1 is 0.400 bits per heavy atom. The summed E-state index contributed by atoms with van der Waals surface area (Å²) >= 11 is 0. The average molecular weight is 987 g/mol. The molecule has 0 fully saturated rings. The molecule has 6 heteroatoms. The molecule has 0 aromatic heterocycles. The van der Waals surface area contributed by atoms with Gasteiger partial charge < -0.3 is 20.3 Å². The number of esters is 1. The van der Waals surface area contributed by atoms with E-state index in [0.717, 1.165) is 57.8 Å². The summed E-state index contributed by atoms with van der Waals surface area (Å²) in [5, 5.41) is 23.4. The van der Waals surface area contributed by atoms with Crippen LogP contribution in [0.5, 0.6) is 0 Å². The number of rotatable bonds is 59. The highest BCUT2D eigenvalue weighted by Gasteiger charge is 2.20. The van der Waals surface area contributed by atoms with Gasteiger partial charge in [0.05, 0.1) is 25.4 Å². The number of aliphatic hydroxyl groups excluding tert-OH is 2. The van der Waals surface area contributed by atoms with Crippen LogP contribution in [0.3, 0.4) is 0 Å². The molecule has 0 aromatic carbocycles. The minimum absolute atomic E-state index is 0.0130. The largest absolute Gasteiger partial charge is 0.466 e. The van der Waals surface area contributed by atoms with E-state index in [1.807, 2.05) is 0 Å². The summed E-state index contributed by atoms with van der Waals surface area (Å²) in [5.74, 6) is -0.0532. The first kappa shape index (κ1) is 68.3. The Kier molecular flexibility index (Phi) is 58.5. The minimum atomic E-state index is -0.672. The van der Waals surface area contributed by atoms with Crippen LogP contribution >= 0.6 is 0 Å². The number of unbranched alkanes of at least 4 members (excludes halogenated alkanes) is 44. The van der Waals surface area contributed by atoms with E-state index < -0.39 is 12.1 Å². The van der Waals surface area contributed by atoms with Gasteiger partial charge in [-0.15, -0.1) is 0 Å². The number of ether oxygens (including phenoxy) is 1. The van der Waals surface area contributed by atoms with E-state index in [1.54, 1.807) is 0 Å². The Morgan fingerprint density at radius 3 is 1.13 bits per heavy atom. The zero-order chi connectivity index (χ0) is 50.7. The number of amides is 1. The van der Waals surface area contributed by atoms with Gasteiger partial charge in [-0.3, -0.25) is 9.59 Å². The monoisotopic (exact) mass is 986 g/mol. The van der Waals surface area contributed by atoms with Gasteiger partial charge in [-0.2, -0.15) is 0 Å². The number of nitrogens with one attached hydrogen (secondary N) is 1. The number of allylic oxidation sites excluding steroid dienone is 4. The summed E-state index contributed by atoms with van der Waals surface area (Å²) in [5.41, 5.74) is 0. The Morgan fingerprint density at radius 2 is 0.729 bits per heavy atom. The van der Waals surface area contributed by atoms with E-state index in [2.05, 4.69) is 43.5 Å². The van der Waals surface area contributed by atoms with E-state index in [-0.39, 0.29) is 18.5 Å². The van der Waals surface area contributed by atoms with Gasteiger partial charge in [0, 0.05) is 12.8 Å². The highest BCUT2D eigenvalue weighted by Crippen LogP contribution is 2.18. The van der Waals surface area contributed by atoms with Gasteiger partial charge in [-0.05, 0) is 51.4 Å². The molecule has 3 N–H and O–H groups in total. The first-order valence-corrected chi connectivity index (χ1v) is 31.6. The quantitative estimate of drug-likeness (QED) is 0.0321. The van der Waals surface area contributed by atoms with E-state index in [0.29, 0.717) is 25.9 Å². The van der Waals surface area contributed by atoms with Crippen LogP contribution in [-0.4, -0.2) is 47.4 Å². The molecule has 0 saturated heterocycles. The number of hydrogen-bond donors (Lipinski definition) is 3. The summed E-state index contributed by atoms with van der Waals surface area (Å²) < 4.78 is 5.47. The molecule has 2 unspecified atom stereocenters. The fourth-order valence-electron chi connectivity index (χ4n) is 9.89. The van der Waals surface area contributed by atoms with Crippen molar-refractivity contribution in [3.63, 3.8) is 0 Å². The molecule has 0 spiro atoms. The van der Waals surface area contributed by atoms with Crippen molar-refractivity contribution in [1.82, 2.24) is 5.32 Å². The lowest BCUT2D eigenvalue weighted by Crippen LogP contribution is -2.45. The van der Waals surface area contributed by atoms with Crippen LogP contribution in [0.25, 0.3) is 0 Å². The zero-order valence-corrected chi connectivity index (χ0v) is 47.3. The predicted octanol–water partition coefficient (Wildman–Crippen LogP) is 19.8.